The van der Waals surface area contributed by atoms with Crippen molar-refractivity contribution < 1.29 is 17.6 Å². The molecule has 0 bridgehead atoms. The van der Waals surface area contributed by atoms with E-state index >= 15 is 0 Å². The van der Waals surface area contributed by atoms with Crippen molar-refractivity contribution in [1.29, 1.82) is 0 Å². The zero-order valence-corrected chi connectivity index (χ0v) is 15.8. The van der Waals surface area contributed by atoms with Gasteiger partial charge in [0.1, 0.15) is 5.82 Å². The van der Waals surface area contributed by atoms with Crippen LogP contribution in [-0.4, -0.2) is 38.6 Å². The van der Waals surface area contributed by atoms with Gasteiger partial charge in [0, 0.05) is 30.8 Å². The average Bonchev–Trinajstić information content (AvgIpc) is 2.91. The third-order valence-corrected chi connectivity index (χ3v) is 5.82. The van der Waals surface area contributed by atoms with Crippen molar-refractivity contribution in [3.63, 3.8) is 0 Å². The van der Waals surface area contributed by atoms with Crippen LogP contribution in [0.25, 0.3) is 0 Å². The van der Waals surface area contributed by atoms with E-state index in [1.54, 1.807) is 43.4 Å². The molecule has 1 aliphatic rings. The molecule has 1 aliphatic heterocycles. The predicted molar refractivity (Wildman–Crippen MR) is 99.1 cm³/mol. The number of carbonyl (C=O) groups is 1. The van der Waals surface area contributed by atoms with Gasteiger partial charge in [0.2, 0.25) is 10.0 Å². The molecule has 3 rings (SSSR count). The molecule has 0 spiro atoms. The van der Waals surface area contributed by atoms with E-state index < -0.39 is 10.0 Å². The molecule has 0 aliphatic carbocycles. The van der Waals surface area contributed by atoms with Gasteiger partial charge in [-0.2, -0.15) is 0 Å². The van der Waals surface area contributed by atoms with Crippen LogP contribution in [0.5, 0.6) is 0 Å². The highest BCUT2D eigenvalue weighted by molar-refractivity contribution is 7.92. The van der Waals surface area contributed by atoms with Crippen molar-refractivity contribution in [1.82, 2.24) is 4.90 Å². The van der Waals surface area contributed by atoms with Gasteiger partial charge in [-0.05, 0) is 43.2 Å². The zero-order valence-electron chi connectivity index (χ0n) is 14.9. The fourth-order valence-electron chi connectivity index (χ4n) is 3.42. The molecule has 2 aromatic carbocycles. The van der Waals surface area contributed by atoms with E-state index in [1.807, 2.05) is 6.92 Å². The summed E-state index contributed by atoms with van der Waals surface area (Å²) in [6.07, 6.45) is 1.74. The van der Waals surface area contributed by atoms with Crippen molar-refractivity contribution in [2.75, 3.05) is 17.6 Å². The Hall–Kier alpha value is -2.41. The summed E-state index contributed by atoms with van der Waals surface area (Å²) in [6.45, 7) is 2.00. The number of hydrogen-bond acceptors (Lipinski definition) is 3. The Balaban J connectivity index is 1.84. The molecule has 0 saturated heterocycles. The molecule has 26 heavy (non-hydrogen) atoms. The van der Waals surface area contributed by atoms with Crippen LogP contribution in [0.1, 0.15) is 28.4 Å². The second-order valence-electron chi connectivity index (χ2n) is 6.71. The Bertz CT molecular complexity index is 959. The van der Waals surface area contributed by atoms with Gasteiger partial charge < -0.3 is 4.90 Å². The van der Waals surface area contributed by atoms with Crippen molar-refractivity contribution in [2.24, 2.45) is 0 Å². The van der Waals surface area contributed by atoms with Crippen LogP contribution in [-0.2, 0) is 23.0 Å². The Morgan fingerprint density at radius 1 is 1.27 bits per heavy atom. The van der Waals surface area contributed by atoms with Crippen LogP contribution >= 0.6 is 0 Å². The molecule has 1 atom stereocenters. The number of carbonyl (C=O) groups excluding carboxylic acids is 1. The summed E-state index contributed by atoms with van der Waals surface area (Å²) < 4.78 is 39.1. The largest absolute Gasteiger partial charge is 0.337 e. The van der Waals surface area contributed by atoms with Crippen LogP contribution in [0.4, 0.5) is 10.1 Å². The predicted octanol–water partition coefficient (Wildman–Crippen LogP) is 2.81. The monoisotopic (exact) mass is 376 g/mol. The SMILES string of the molecule is C[C@H]1Cc2cc(C(=O)N(C)Cc3ccccc3F)ccc2N1S(C)(=O)=O. The van der Waals surface area contributed by atoms with Gasteiger partial charge in [-0.25, -0.2) is 12.8 Å². The number of anilines is 1. The van der Waals surface area contributed by atoms with Crippen molar-refractivity contribution in [3.8, 4) is 0 Å². The first-order valence-corrected chi connectivity index (χ1v) is 10.1. The molecular weight excluding hydrogens is 355 g/mol. The number of fused-ring (bicyclic) bond motifs is 1. The summed E-state index contributed by atoms with van der Waals surface area (Å²) in [5.41, 5.74) is 2.35. The van der Waals surface area contributed by atoms with Crippen LogP contribution in [0.2, 0.25) is 0 Å². The van der Waals surface area contributed by atoms with Crippen LogP contribution in [0.15, 0.2) is 42.5 Å². The van der Waals surface area contributed by atoms with Crippen LogP contribution in [0, 0.1) is 5.82 Å². The van der Waals surface area contributed by atoms with Gasteiger partial charge in [0.05, 0.1) is 11.9 Å². The molecule has 0 fully saturated rings. The van der Waals surface area contributed by atoms with Crippen molar-refractivity contribution in [2.45, 2.75) is 25.9 Å². The highest BCUT2D eigenvalue weighted by Crippen LogP contribution is 2.34. The van der Waals surface area contributed by atoms with Crippen molar-refractivity contribution >= 4 is 21.6 Å². The van der Waals surface area contributed by atoms with E-state index in [0.29, 0.717) is 23.2 Å². The summed E-state index contributed by atoms with van der Waals surface area (Å²) in [6, 6.07) is 11.2. The Morgan fingerprint density at radius 3 is 2.62 bits per heavy atom. The van der Waals surface area contributed by atoms with Gasteiger partial charge in [-0.3, -0.25) is 9.10 Å². The number of rotatable bonds is 4. The number of sulfonamides is 1. The maximum absolute atomic E-state index is 13.8. The van der Waals surface area contributed by atoms with Gasteiger partial charge >= 0.3 is 0 Å². The summed E-state index contributed by atoms with van der Waals surface area (Å²) in [5.74, 6) is -0.583. The molecular formula is C19H21FN2O3S. The lowest BCUT2D eigenvalue weighted by Crippen LogP contribution is -2.34. The quantitative estimate of drug-likeness (QED) is 0.825. The highest BCUT2D eigenvalue weighted by atomic mass is 32.2. The first-order chi connectivity index (χ1) is 12.2. The van der Waals surface area contributed by atoms with E-state index in [4.69, 9.17) is 0 Å². The summed E-state index contributed by atoms with van der Waals surface area (Å²) in [5, 5.41) is 0. The Labute approximate surface area is 153 Å². The van der Waals surface area contributed by atoms with E-state index in [-0.39, 0.29) is 24.3 Å². The molecule has 5 nitrogen and oxygen atoms in total. The van der Waals surface area contributed by atoms with Gasteiger partial charge in [0.15, 0.2) is 0 Å². The fraction of sp³-hybridized carbons (Fsp3) is 0.316. The maximum Gasteiger partial charge on any atom is 0.253 e. The lowest BCUT2D eigenvalue weighted by molar-refractivity contribution is 0.0784. The van der Waals surface area contributed by atoms with E-state index in [9.17, 15) is 17.6 Å². The standard InChI is InChI=1S/C19H21FN2O3S/c1-13-10-16-11-14(8-9-18(16)22(13)26(3,24)25)19(23)21(2)12-15-6-4-5-7-17(15)20/h4-9,11,13H,10,12H2,1-3H3/t13-/m0/s1. The number of amides is 1. The molecule has 0 unspecified atom stereocenters. The zero-order chi connectivity index (χ0) is 19.1. The molecule has 7 heteroatoms. The molecule has 0 saturated carbocycles. The second-order valence-corrected chi connectivity index (χ2v) is 8.57. The maximum atomic E-state index is 13.8. The average molecular weight is 376 g/mol. The molecule has 0 aromatic heterocycles. The second kappa shape index (κ2) is 6.72. The first kappa shape index (κ1) is 18.4. The minimum Gasteiger partial charge on any atom is -0.337 e. The molecule has 0 radical (unpaired) electrons. The van der Waals surface area contributed by atoms with E-state index in [1.165, 1.54) is 21.5 Å². The van der Waals surface area contributed by atoms with Crippen LogP contribution in [0.3, 0.4) is 0 Å². The third kappa shape index (κ3) is 3.44. The van der Waals surface area contributed by atoms with Gasteiger partial charge in [0.25, 0.3) is 5.91 Å². The number of halogens is 1. The lowest BCUT2D eigenvalue weighted by atomic mass is 10.1. The summed E-state index contributed by atoms with van der Waals surface area (Å²) in [7, 11) is -1.75. The Kier molecular flexibility index (Phi) is 4.75. The van der Waals surface area contributed by atoms with Crippen molar-refractivity contribution in [3.05, 3.63) is 65.0 Å². The third-order valence-electron chi connectivity index (χ3n) is 4.55. The minimum atomic E-state index is -3.36. The smallest absolute Gasteiger partial charge is 0.253 e. The highest BCUT2D eigenvalue weighted by Gasteiger charge is 2.33. The Morgan fingerprint density at radius 2 is 1.96 bits per heavy atom. The minimum absolute atomic E-state index is 0.161. The van der Waals surface area contributed by atoms with Gasteiger partial charge in [-0.15, -0.1) is 0 Å². The number of hydrogen-bond donors (Lipinski definition) is 0. The molecule has 138 valence electrons. The van der Waals surface area contributed by atoms with Gasteiger partial charge in [-0.1, -0.05) is 18.2 Å². The topological polar surface area (TPSA) is 57.7 Å². The van der Waals surface area contributed by atoms with Crippen LogP contribution < -0.4 is 4.31 Å². The molecule has 1 amide bonds. The van der Waals surface area contributed by atoms with E-state index in [2.05, 4.69) is 0 Å². The summed E-state index contributed by atoms with van der Waals surface area (Å²) in [4.78, 5) is 14.1. The molecule has 0 N–H and O–H groups in total. The lowest BCUT2D eigenvalue weighted by Gasteiger charge is -2.22. The van der Waals surface area contributed by atoms with E-state index in [0.717, 1.165) is 5.56 Å². The fourth-order valence-corrected chi connectivity index (χ4v) is 4.68. The number of benzene rings is 2. The first-order valence-electron chi connectivity index (χ1n) is 8.29. The number of nitrogens with zero attached hydrogens (tertiary/aromatic N) is 2. The normalized spacial score (nSPS) is 16.5. The molecule has 1 heterocycles. The molecule has 2 aromatic rings. The summed E-state index contributed by atoms with van der Waals surface area (Å²) >= 11 is 0.